The molecule has 0 atom stereocenters. The maximum atomic E-state index is 13.7. The number of amides is 1. The molecule has 0 aliphatic carbocycles. The highest BCUT2D eigenvalue weighted by Gasteiger charge is 2.10. The zero-order chi connectivity index (χ0) is 19.1. The summed E-state index contributed by atoms with van der Waals surface area (Å²) in [5, 5.41) is 2.97. The maximum absolute atomic E-state index is 13.7. The van der Waals surface area contributed by atoms with Crippen molar-refractivity contribution in [2.24, 2.45) is 0 Å². The Labute approximate surface area is 163 Å². The lowest BCUT2D eigenvalue weighted by molar-refractivity contribution is 0.0956. The van der Waals surface area contributed by atoms with E-state index in [1.165, 1.54) is 17.4 Å². The first-order valence-electron chi connectivity index (χ1n) is 8.99. The molecule has 3 nitrogen and oxygen atoms in total. The quantitative estimate of drug-likeness (QED) is 0.567. The molecule has 1 N–H and O–H groups in total. The second-order valence-electron chi connectivity index (χ2n) is 6.47. The fourth-order valence-corrected chi connectivity index (χ4v) is 3.78. The van der Waals surface area contributed by atoms with Gasteiger partial charge in [0.2, 0.25) is 0 Å². The van der Waals surface area contributed by atoms with E-state index in [9.17, 15) is 9.18 Å². The molecule has 0 bridgehead atoms. The number of thiophene rings is 1. The summed E-state index contributed by atoms with van der Waals surface area (Å²) in [6.07, 6.45) is 0.813. The molecule has 1 amide bonds. The van der Waals surface area contributed by atoms with Crippen LogP contribution < -0.4 is 5.32 Å². The summed E-state index contributed by atoms with van der Waals surface area (Å²) in [5.41, 5.74) is 1.81. The molecule has 3 aromatic rings. The Morgan fingerprint density at radius 1 is 1.04 bits per heavy atom. The molecule has 27 heavy (non-hydrogen) atoms. The molecule has 140 valence electrons. The van der Waals surface area contributed by atoms with Crippen LogP contribution >= 0.6 is 11.3 Å². The van der Waals surface area contributed by atoms with Gasteiger partial charge in [-0.05, 0) is 43.8 Å². The van der Waals surface area contributed by atoms with Crippen LogP contribution in [0.1, 0.15) is 21.7 Å². The van der Waals surface area contributed by atoms with E-state index >= 15 is 0 Å². The Morgan fingerprint density at radius 3 is 2.56 bits per heavy atom. The van der Waals surface area contributed by atoms with Crippen molar-refractivity contribution in [3.8, 4) is 10.4 Å². The Bertz CT molecular complexity index is 879. The molecule has 1 aromatic heterocycles. The average Bonchev–Trinajstić information content (AvgIpc) is 3.18. The van der Waals surface area contributed by atoms with Gasteiger partial charge in [-0.25, -0.2) is 4.39 Å². The first-order chi connectivity index (χ1) is 13.1. The number of carbonyl (C=O) groups excluding carboxylic acids is 1. The molecule has 0 fully saturated rings. The van der Waals surface area contributed by atoms with E-state index in [0.29, 0.717) is 23.5 Å². The number of nitrogens with zero attached hydrogens (tertiary/aromatic N) is 1. The number of benzene rings is 2. The molecule has 0 radical (unpaired) electrons. The van der Waals surface area contributed by atoms with Crippen molar-refractivity contribution in [1.82, 2.24) is 10.2 Å². The summed E-state index contributed by atoms with van der Waals surface area (Å²) in [6.45, 7) is 1.94. The zero-order valence-corrected chi connectivity index (χ0v) is 16.1. The number of carbonyl (C=O) groups is 1. The van der Waals surface area contributed by atoms with Gasteiger partial charge >= 0.3 is 0 Å². The highest BCUT2D eigenvalue weighted by molar-refractivity contribution is 7.17. The summed E-state index contributed by atoms with van der Waals surface area (Å²) >= 11 is 1.50. The lowest BCUT2D eigenvalue weighted by Gasteiger charge is -2.17. The van der Waals surface area contributed by atoms with Crippen LogP contribution in [0.2, 0.25) is 0 Å². The molecule has 3 rings (SSSR count). The average molecular weight is 383 g/mol. The highest BCUT2D eigenvalue weighted by Crippen LogP contribution is 2.27. The first-order valence-corrected chi connectivity index (χ1v) is 9.80. The van der Waals surface area contributed by atoms with E-state index < -0.39 is 0 Å². The Morgan fingerprint density at radius 2 is 1.78 bits per heavy atom. The van der Waals surface area contributed by atoms with Crippen LogP contribution in [0.3, 0.4) is 0 Å². The predicted octanol–water partition coefficient (Wildman–Crippen LogP) is 4.81. The second-order valence-corrected chi connectivity index (χ2v) is 7.55. The van der Waals surface area contributed by atoms with Crippen molar-refractivity contribution in [3.05, 3.63) is 83.0 Å². The van der Waals surface area contributed by atoms with Crippen molar-refractivity contribution in [1.29, 1.82) is 0 Å². The third kappa shape index (κ3) is 5.49. The molecule has 0 unspecified atom stereocenters. The van der Waals surface area contributed by atoms with Gasteiger partial charge in [0.25, 0.3) is 5.91 Å². The molecular weight excluding hydrogens is 359 g/mol. The van der Waals surface area contributed by atoms with Gasteiger partial charge in [-0.15, -0.1) is 11.3 Å². The lowest BCUT2D eigenvalue weighted by atomic mass is 10.2. The van der Waals surface area contributed by atoms with Gasteiger partial charge in [-0.3, -0.25) is 4.79 Å². The third-order valence-corrected chi connectivity index (χ3v) is 5.42. The minimum absolute atomic E-state index is 0.0426. The summed E-state index contributed by atoms with van der Waals surface area (Å²) in [6, 6.07) is 20.7. The van der Waals surface area contributed by atoms with E-state index in [4.69, 9.17) is 0 Å². The normalized spacial score (nSPS) is 10.9. The van der Waals surface area contributed by atoms with Crippen molar-refractivity contribution >= 4 is 17.2 Å². The minimum Gasteiger partial charge on any atom is -0.351 e. The molecule has 0 aliphatic heterocycles. The molecule has 0 saturated heterocycles. The van der Waals surface area contributed by atoms with E-state index in [1.54, 1.807) is 12.1 Å². The minimum atomic E-state index is -0.176. The molecule has 0 saturated carbocycles. The highest BCUT2D eigenvalue weighted by atomic mass is 32.1. The van der Waals surface area contributed by atoms with Crippen molar-refractivity contribution in [3.63, 3.8) is 0 Å². The number of hydrogen-bond acceptors (Lipinski definition) is 3. The van der Waals surface area contributed by atoms with Crippen molar-refractivity contribution in [2.45, 2.75) is 13.0 Å². The van der Waals surface area contributed by atoms with Crippen LogP contribution in [0.4, 0.5) is 4.39 Å². The molecule has 1 heterocycles. The number of halogens is 1. The van der Waals surface area contributed by atoms with Gasteiger partial charge in [0.15, 0.2) is 0 Å². The van der Waals surface area contributed by atoms with E-state index in [0.717, 1.165) is 23.4 Å². The van der Waals surface area contributed by atoms with Crippen LogP contribution in [0, 0.1) is 5.82 Å². The van der Waals surface area contributed by atoms with Crippen LogP contribution in [-0.4, -0.2) is 30.9 Å². The van der Waals surface area contributed by atoms with E-state index in [1.807, 2.05) is 55.6 Å². The van der Waals surface area contributed by atoms with Crippen LogP contribution in [0.15, 0.2) is 66.7 Å². The molecule has 2 aromatic carbocycles. The van der Waals surface area contributed by atoms with Gasteiger partial charge in [-0.2, -0.15) is 0 Å². The second kappa shape index (κ2) is 9.44. The van der Waals surface area contributed by atoms with Gasteiger partial charge < -0.3 is 10.2 Å². The summed E-state index contributed by atoms with van der Waals surface area (Å²) in [7, 11) is 1.96. The Kier molecular flexibility index (Phi) is 6.74. The van der Waals surface area contributed by atoms with Crippen molar-refractivity contribution < 1.29 is 9.18 Å². The molecule has 5 heteroatoms. The largest absolute Gasteiger partial charge is 0.351 e. The monoisotopic (exact) mass is 382 g/mol. The Balaban J connectivity index is 1.42. The van der Waals surface area contributed by atoms with Crippen LogP contribution in [0.25, 0.3) is 10.4 Å². The summed E-state index contributed by atoms with van der Waals surface area (Å²) in [5.74, 6) is -0.219. The Hall–Kier alpha value is -2.50. The first kappa shape index (κ1) is 19.3. The summed E-state index contributed by atoms with van der Waals surface area (Å²) < 4.78 is 13.7. The molecular formula is C22H23FN2OS. The number of hydrogen-bond donors (Lipinski definition) is 1. The van der Waals surface area contributed by atoms with E-state index in [-0.39, 0.29) is 11.7 Å². The number of nitrogens with one attached hydrogen (secondary N) is 1. The van der Waals surface area contributed by atoms with Gasteiger partial charge in [0.1, 0.15) is 5.82 Å². The maximum Gasteiger partial charge on any atom is 0.261 e. The fraction of sp³-hybridized carbons (Fsp3) is 0.227. The van der Waals surface area contributed by atoms with Gasteiger partial charge in [0.05, 0.1) is 4.88 Å². The molecule has 0 aliphatic rings. The SMILES string of the molecule is CN(CCCNC(=O)c1ccc(-c2ccccc2)s1)Cc1ccccc1F. The van der Waals surface area contributed by atoms with Crippen LogP contribution in [0.5, 0.6) is 0 Å². The van der Waals surface area contributed by atoms with E-state index in [2.05, 4.69) is 10.2 Å². The standard InChI is InChI=1S/C22H23FN2OS/c1-25(16-18-10-5-6-11-19(18)23)15-7-14-24-22(26)21-13-12-20(27-21)17-8-3-2-4-9-17/h2-6,8-13H,7,14-16H2,1H3,(H,24,26). The third-order valence-electron chi connectivity index (χ3n) is 4.29. The fourth-order valence-electron chi connectivity index (χ4n) is 2.85. The van der Waals surface area contributed by atoms with Crippen LogP contribution in [-0.2, 0) is 6.54 Å². The number of rotatable bonds is 8. The van der Waals surface area contributed by atoms with Gasteiger partial charge in [0, 0.05) is 23.5 Å². The van der Waals surface area contributed by atoms with Gasteiger partial charge in [-0.1, -0.05) is 48.5 Å². The van der Waals surface area contributed by atoms with Crippen molar-refractivity contribution in [2.75, 3.05) is 20.1 Å². The topological polar surface area (TPSA) is 32.3 Å². The smallest absolute Gasteiger partial charge is 0.261 e. The summed E-state index contributed by atoms with van der Waals surface area (Å²) in [4.78, 5) is 16.2. The predicted molar refractivity (Wildman–Crippen MR) is 109 cm³/mol. The zero-order valence-electron chi connectivity index (χ0n) is 15.3. The molecule has 0 spiro atoms. The lowest BCUT2D eigenvalue weighted by Crippen LogP contribution is -2.27.